The van der Waals surface area contributed by atoms with Crippen molar-refractivity contribution in [3.8, 4) is 0 Å². The van der Waals surface area contributed by atoms with Crippen LogP contribution in [0.5, 0.6) is 0 Å². The zero-order valence-electron chi connectivity index (χ0n) is 19.1. The summed E-state index contributed by atoms with van der Waals surface area (Å²) in [6.07, 6.45) is 3.42. The highest BCUT2D eigenvalue weighted by atomic mass is 32.2. The average molecular weight is 476 g/mol. The monoisotopic (exact) mass is 475 g/mol. The van der Waals surface area contributed by atoms with Crippen molar-refractivity contribution in [2.75, 3.05) is 52.5 Å². The maximum absolute atomic E-state index is 12.9. The van der Waals surface area contributed by atoms with Gasteiger partial charge in [-0.1, -0.05) is 19.1 Å². The molecule has 180 valence electrons. The molecule has 0 amide bonds. The molecule has 2 aliphatic heterocycles. The molecule has 1 unspecified atom stereocenters. The normalized spacial score (nSPS) is 20.0. The first kappa shape index (κ1) is 24.1. The van der Waals surface area contributed by atoms with Crippen molar-refractivity contribution in [2.24, 2.45) is 5.92 Å². The molecule has 1 aromatic heterocycles. The van der Waals surface area contributed by atoms with Crippen molar-refractivity contribution in [2.45, 2.75) is 30.7 Å². The Bertz CT molecular complexity index is 993. The third-order valence-electron chi connectivity index (χ3n) is 6.54. The number of rotatable bonds is 9. The van der Waals surface area contributed by atoms with E-state index in [-0.39, 0.29) is 23.3 Å². The SMILES string of the molecule is CC1CCN(S(=O)(=O)c2ccc(C(=O)CNCC(c3ccco3)N3CCOCC3)cc2)CC1. The second-order valence-electron chi connectivity index (χ2n) is 8.84. The minimum absolute atomic E-state index is 0.0245. The Morgan fingerprint density at radius 3 is 2.42 bits per heavy atom. The Labute approximate surface area is 195 Å². The zero-order chi connectivity index (χ0) is 23.3. The van der Waals surface area contributed by atoms with E-state index in [2.05, 4.69) is 17.1 Å². The molecule has 33 heavy (non-hydrogen) atoms. The number of benzene rings is 1. The molecule has 2 saturated heterocycles. The molecule has 0 spiro atoms. The molecule has 0 aliphatic carbocycles. The number of Topliss-reactive ketones (excluding diaryl/α,β-unsaturated/α-hetero) is 1. The summed E-state index contributed by atoms with van der Waals surface area (Å²) in [5.74, 6) is 1.34. The van der Waals surface area contributed by atoms with Crippen LogP contribution >= 0.6 is 0 Å². The van der Waals surface area contributed by atoms with E-state index < -0.39 is 10.0 Å². The van der Waals surface area contributed by atoms with E-state index in [1.54, 1.807) is 34.8 Å². The van der Waals surface area contributed by atoms with Gasteiger partial charge >= 0.3 is 0 Å². The molecule has 1 aromatic carbocycles. The number of carbonyl (C=O) groups excluding carboxylic acids is 1. The molecular formula is C24H33N3O5S. The number of hydrogen-bond donors (Lipinski definition) is 1. The van der Waals surface area contributed by atoms with Crippen LogP contribution in [0.1, 0.15) is 41.9 Å². The van der Waals surface area contributed by atoms with Gasteiger partial charge in [-0.2, -0.15) is 4.31 Å². The lowest BCUT2D eigenvalue weighted by atomic mass is 10.0. The standard InChI is InChI=1S/C24H33N3O5S/c1-19-8-10-27(11-9-19)33(29,30)21-6-4-20(5-7-21)23(28)18-25-17-22(24-3-2-14-32-24)26-12-15-31-16-13-26/h2-7,14,19,22,25H,8-13,15-18H2,1H3. The van der Waals surface area contributed by atoms with E-state index in [1.165, 1.54) is 0 Å². The lowest BCUT2D eigenvalue weighted by Gasteiger charge is -2.33. The summed E-state index contributed by atoms with van der Waals surface area (Å²) in [4.78, 5) is 15.2. The molecule has 0 bridgehead atoms. The van der Waals surface area contributed by atoms with Gasteiger partial charge in [-0.25, -0.2) is 8.42 Å². The van der Waals surface area contributed by atoms with E-state index in [9.17, 15) is 13.2 Å². The van der Waals surface area contributed by atoms with Crippen molar-refractivity contribution in [1.82, 2.24) is 14.5 Å². The summed E-state index contributed by atoms with van der Waals surface area (Å²) in [5.41, 5.74) is 0.495. The van der Waals surface area contributed by atoms with Crippen LogP contribution < -0.4 is 5.32 Å². The molecule has 3 heterocycles. The average Bonchev–Trinajstić information content (AvgIpc) is 3.37. The van der Waals surface area contributed by atoms with Gasteiger partial charge in [0.05, 0.1) is 37.0 Å². The van der Waals surface area contributed by atoms with Crippen molar-refractivity contribution < 1.29 is 22.4 Å². The van der Waals surface area contributed by atoms with Gasteiger partial charge in [0.1, 0.15) is 5.76 Å². The molecule has 1 atom stereocenters. The molecular weight excluding hydrogens is 442 g/mol. The summed E-state index contributed by atoms with van der Waals surface area (Å²) in [6.45, 7) is 6.97. The first-order chi connectivity index (χ1) is 15.9. The maximum Gasteiger partial charge on any atom is 0.243 e. The number of nitrogens with zero attached hydrogens (tertiary/aromatic N) is 2. The molecule has 9 heteroatoms. The largest absolute Gasteiger partial charge is 0.468 e. The number of furan rings is 1. The van der Waals surface area contributed by atoms with Crippen LogP contribution in [0, 0.1) is 5.92 Å². The van der Waals surface area contributed by atoms with E-state index in [4.69, 9.17) is 9.15 Å². The molecule has 2 aliphatic rings. The van der Waals surface area contributed by atoms with Crippen LogP contribution in [-0.2, 0) is 14.8 Å². The van der Waals surface area contributed by atoms with Crippen LogP contribution in [-0.4, -0.2) is 75.9 Å². The van der Waals surface area contributed by atoms with Gasteiger partial charge in [-0.15, -0.1) is 0 Å². The van der Waals surface area contributed by atoms with Gasteiger partial charge in [0.15, 0.2) is 5.78 Å². The Hall–Kier alpha value is -2.04. The fourth-order valence-corrected chi connectivity index (χ4v) is 5.86. The highest BCUT2D eigenvalue weighted by Gasteiger charge is 2.28. The predicted molar refractivity (Wildman–Crippen MR) is 125 cm³/mol. The summed E-state index contributed by atoms with van der Waals surface area (Å²) >= 11 is 0. The molecule has 4 rings (SSSR count). The topological polar surface area (TPSA) is 92.1 Å². The number of ether oxygens (including phenoxy) is 1. The molecule has 0 saturated carbocycles. The quantitative estimate of drug-likeness (QED) is 0.557. The molecule has 2 fully saturated rings. The third-order valence-corrected chi connectivity index (χ3v) is 8.45. The van der Waals surface area contributed by atoms with E-state index in [1.807, 2.05) is 12.1 Å². The van der Waals surface area contributed by atoms with E-state index >= 15 is 0 Å². The minimum atomic E-state index is -3.51. The number of hydrogen-bond acceptors (Lipinski definition) is 7. The number of ketones is 1. The van der Waals surface area contributed by atoms with Crippen LogP contribution in [0.4, 0.5) is 0 Å². The number of nitrogens with one attached hydrogen (secondary N) is 1. The second kappa shape index (κ2) is 10.9. The number of morpholine rings is 1. The summed E-state index contributed by atoms with van der Waals surface area (Å²) in [7, 11) is -3.51. The van der Waals surface area contributed by atoms with Gasteiger partial charge in [-0.05, 0) is 43.0 Å². The first-order valence-corrected chi connectivity index (χ1v) is 13.1. The van der Waals surface area contributed by atoms with Crippen LogP contribution in [0.15, 0.2) is 52.0 Å². The van der Waals surface area contributed by atoms with Gasteiger partial charge < -0.3 is 14.5 Å². The van der Waals surface area contributed by atoms with Crippen molar-refractivity contribution in [3.05, 3.63) is 54.0 Å². The number of carbonyl (C=O) groups is 1. The minimum Gasteiger partial charge on any atom is -0.468 e. The molecule has 1 N–H and O–H groups in total. The fourth-order valence-electron chi connectivity index (χ4n) is 4.39. The third kappa shape index (κ3) is 5.91. The number of sulfonamides is 1. The van der Waals surface area contributed by atoms with Crippen molar-refractivity contribution in [3.63, 3.8) is 0 Å². The summed E-state index contributed by atoms with van der Waals surface area (Å²) in [5, 5.41) is 3.25. The molecule has 8 nitrogen and oxygen atoms in total. The van der Waals surface area contributed by atoms with Gasteiger partial charge in [-0.3, -0.25) is 9.69 Å². The second-order valence-corrected chi connectivity index (χ2v) is 10.8. The fraction of sp³-hybridized carbons (Fsp3) is 0.542. The Morgan fingerprint density at radius 2 is 1.79 bits per heavy atom. The van der Waals surface area contributed by atoms with Crippen molar-refractivity contribution >= 4 is 15.8 Å². The highest BCUT2D eigenvalue weighted by Crippen LogP contribution is 2.24. The summed E-state index contributed by atoms with van der Waals surface area (Å²) in [6, 6.07) is 10.1. The lowest BCUT2D eigenvalue weighted by molar-refractivity contribution is 0.0118. The Balaban J connectivity index is 1.33. The van der Waals surface area contributed by atoms with Gasteiger partial charge in [0.2, 0.25) is 10.0 Å². The van der Waals surface area contributed by atoms with E-state index in [0.717, 1.165) is 31.7 Å². The summed E-state index contributed by atoms with van der Waals surface area (Å²) < 4.78 is 38.4. The zero-order valence-corrected chi connectivity index (χ0v) is 19.9. The maximum atomic E-state index is 12.9. The lowest BCUT2D eigenvalue weighted by Crippen LogP contribution is -2.43. The van der Waals surface area contributed by atoms with Crippen LogP contribution in [0.3, 0.4) is 0 Å². The first-order valence-electron chi connectivity index (χ1n) is 11.6. The molecule has 2 aromatic rings. The smallest absolute Gasteiger partial charge is 0.243 e. The van der Waals surface area contributed by atoms with Gasteiger partial charge in [0.25, 0.3) is 0 Å². The Morgan fingerprint density at radius 1 is 1.09 bits per heavy atom. The molecule has 0 radical (unpaired) electrons. The van der Waals surface area contributed by atoms with E-state index in [0.29, 0.717) is 44.3 Å². The predicted octanol–water partition coefficient (Wildman–Crippen LogP) is 2.55. The highest BCUT2D eigenvalue weighted by molar-refractivity contribution is 7.89. The van der Waals surface area contributed by atoms with Gasteiger partial charge in [0, 0.05) is 38.3 Å². The van der Waals surface area contributed by atoms with Crippen molar-refractivity contribution in [1.29, 1.82) is 0 Å². The number of piperidine rings is 1. The van der Waals surface area contributed by atoms with Crippen LogP contribution in [0.25, 0.3) is 0 Å². The Kier molecular flexibility index (Phi) is 7.98. The van der Waals surface area contributed by atoms with Crippen LogP contribution in [0.2, 0.25) is 0 Å².